The molecule has 0 aromatic heterocycles. The number of aromatic carboxylic acids is 2. The molecular weight excluding hydrogens is 1280 g/mol. The molecule has 0 spiro atoms. The van der Waals surface area contributed by atoms with Gasteiger partial charge in [0.25, 0.3) is 0 Å². The third-order valence-corrected chi connectivity index (χ3v) is 21.0. The number of phenols is 2. The van der Waals surface area contributed by atoms with Gasteiger partial charge in [-0.1, -0.05) is 291 Å². The first-order valence-corrected chi connectivity index (χ1v) is 46.0. The summed E-state index contributed by atoms with van der Waals surface area (Å²) in [5.74, 6) is -4.90. The molecule has 4 rings (SSSR count). The topological polar surface area (TPSA) is 186 Å². The molecule has 0 unspecified atom stereocenters. The van der Waals surface area contributed by atoms with E-state index in [-0.39, 0.29) is 27.6 Å². The third-order valence-electron chi connectivity index (χ3n) is 18.1. The van der Waals surface area contributed by atoms with Gasteiger partial charge in [0.15, 0.2) is 0 Å². The molecule has 4 N–H and O–H groups in total. The Hall–Kier alpha value is -4.97. The molecule has 0 heterocycles. The number of hydrogen-bond donors (Lipinski definition) is 4. The van der Waals surface area contributed by atoms with Gasteiger partial charge in [-0.05, 0) is 176 Å². The normalized spacial score (nSPS) is 11.9. The number of hydrogen-bond acceptors (Lipinski definition) is 8. The van der Waals surface area contributed by atoms with Gasteiger partial charge >= 0.3 is 28.4 Å². The van der Waals surface area contributed by atoms with Crippen LogP contribution >= 0.6 is 0 Å². The van der Waals surface area contributed by atoms with Crippen LogP contribution in [-0.2, 0) is 67.1 Å². The number of rotatable bonds is 48. The molecule has 0 bridgehead atoms. The van der Waals surface area contributed by atoms with Crippen LogP contribution in [0.1, 0.15) is 326 Å². The van der Waals surface area contributed by atoms with Crippen molar-refractivity contribution in [3.05, 3.63) is 116 Å². The van der Waals surface area contributed by atoms with Crippen LogP contribution in [0.25, 0.3) is 0 Å². The summed E-state index contributed by atoms with van der Waals surface area (Å²) < 4.78 is 0. The van der Waals surface area contributed by atoms with E-state index < -0.39 is 51.1 Å². The maximum absolute atomic E-state index is 11.9. The number of unbranched alkanes of at least 4 members (excludes halogenated alkanes) is 27. The van der Waals surface area contributed by atoms with Crippen LogP contribution in [0, 0.1) is 0 Å². The predicted octanol–water partition coefficient (Wildman–Crippen LogP) is 24.2. The van der Waals surface area contributed by atoms with Crippen LogP contribution in [-0.4, -0.2) is 59.9 Å². The molecule has 0 amide bonds. The van der Waals surface area contributed by atoms with Crippen molar-refractivity contribution in [2.24, 2.45) is 9.98 Å². The first-order chi connectivity index (χ1) is 45.9. The average molecular weight is 1420 g/mol. The van der Waals surface area contributed by atoms with Crippen molar-refractivity contribution < 1.29 is 56.7 Å². The Morgan fingerprint density at radius 1 is 0.412 bits per heavy atom. The number of carboxylic acid groups (broad SMARTS) is 2. The molecule has 0 radical (unpaired) electrons. The second kappa shape index (κ2) is 52.1. The van der Waals surface area contributed by atoms with E-state index in [9.17, 15) is 40.2 Å². The Morgan fingerprint density at radius 3 is 1.01 bits per heavy atom. The van der Waals surface area contributed by atoms with Crippen molar-refractivity contribution in [3.63, 3.8) is 0 Å². The zero-order valence-corrected chi connectivity index (χ0v) is 66.7. The van der Waals surface area contributed by atoms with E-state index in [4.69, 9.17) is 9.98 Å². The Morgan fingerprint density at radius 2 is 0.711 bits per heavy atom. The summed E-state index contributed by atoms with van der Waals surface area (Å²) >= 11 is 0. The monoisotopic (exact) mass is 1410 g/mol. The van der Waals surface area contributed by atoms with Gasteiger partial charge in [-0.2, -0.15) is 0 Å². The van der Waals surface area contributed by atoms with E-state index in [1.54, 1.807) is 0 Å². The summed E-state index contributed by atoms with van der Waals surface area (Å²) in [6.45, 7) is 30.6. The molecule has 0 aliphatic carbocycles. The Kier molecular flexibility index (Phi) is 48.3. The molecule has 0 aliphatic rings. The fourth-order valence-corrected chi connectivity index (χ4v) is 15.5. The molecule has 0 saturated carbocycles. The van der Waals surface area contributed by atoms with E-state index in [1.807, 2.05) is 0 Å². The minimum atomic E-state index is -1.57. The molecule has 97 heavy (non-hydrogen) atoms. The standard InChI is InChI=1S/C54H90N2.2C15H24O4Si.Ni/c1-7-13-15-17-19-20-21-22-23-24-25-26-27-28-29-30-31-32-33-34-36-38-40-54(56-52-45-49(11-5)42-50(12-6)46-52)53(39-37-35-18-16-14-8-2)55-51-43-47(9-3)41-48(10-4)44-51;2*1-5-6-7-10-8-12(16)14(17)13(15(18)19)11(10)9-20(2,3)4;/h38,40-46H,7-37,39H2,1-6H3;2*8,16-17H,5-7,9H2,1-4H3,(H,18,19);/q;;;+2/p-2. The van der Waals surface area contributed by atoms with Gasteiger partial charge in [0, 0.05) is 16.1 Å². The number of nitrogens with zero attached hydrogens (tertiary/aromatic N) is 2. The number of allylic oxidation sites excluding steroid dienone is 2. The fourth-order valence-electron chi connectivity index (χ4n) is 12.5. The number of aromatic hydroxyl groups is 2. The molecule has 4 aromatic rings. The van der Waals surface area contributed by atoms with Gasteiger partial charge in [-0.15, -0.1) is 0 Å². The first kappa shape index (κ1) is 90.0. The van der Waals surface area contributed by atoms with Crippen molar-refractivity contribution in [1.82, 2.24) is 0 Å². The minimum Gasteiger partial charge on any atom is -0.869 e. The van der Waals surface area contributed by atoms with Crippen molar-refractivity contribution >= 4 is 50.9 Å². The van der Waals surface area contributed by atoms with E-state index in [0.717, 1.165) is 105 Å². The molecule has 10 nitrogen and oxygen atoms in total. The van der Waals surface area contributed by atoms with Crippen molar-refractivity contribution in [2.75, 3.05) is 0 Å². The van der Waals surface area contributed by atoms with Gasteiger partial charge in [-0.3, -0.25) is 4.99 Å². The van der Waals surface area contributed by atoms with Crippen LogP contribution in [0.5, 0.6) is 23.0 Å². The summed E-state index contributed by atoms with van der Waals surface area (Å²) in [4.78, 5) is 33.7. The van der Waals surface area contributed by atoms with E-state index in [1.165, 1.54) is 195 Å². The minimum absolute atomic E-state index is 0. The number of carboxylic acids is 2. The van der Waals surface area contributed by atoms with E-state index >= 15 is 0 Å². The second-order valence-electron chi connectivity index (χ2n) is 29.7. The van der Waals surface area contributed by atoms with Gasteiger partial charge in [-0.25, -0.2) is 14.6 Å². The number of aliphatic imine (C=N–C) groups is 2. The molecule has 0 fully saturated rings. The first-order valence-electron chi connectivity index (χ1n) is 38.6. The van der Waals surface area contributed by atoms with Crippen LogP contribution in [0.15, 0.2) is 70.7 Å². The Bertz CT molecular complexity index is 2800. The zero-order valence-electron chi connectivity index (χ0n) is 63.7. The number of benzene rings is 4. The SMILES string of the molecule is CCCCCCCCCCCCCCCCCCCCCCC=CC(=Nc1cc(CC)cc(CC)c1)C(CCCCCCCC)=Nc1cc(CC)cc(CC)c1.CCCCc1cc(O)c([O-])c(C(=O)O)c1C[Si](C)(C)C.CCCCc1cc(O)c([O-])c(C(=O)O)c1C[Si](C)(C)C.[Ni+2]. The third kappa shape index (κ3) is 38.4. The maximum atomic E-state index is 11.9. The summed E-state index contributed by atoms with van der Waals surface area (Å²) in [7, 11) is -3.14. The molecule has 548 valence electrons. The molecule has 0 aliphatic heterocycles. The number of aryl methyl sites for hydroxylation is 6. The quantitative estimate of drug-likeness (QED) is 0.0191. The summed E-state index contributed by atoms with van der Waals surface area (Å²) in [5.41, 5.74) is 12.3. The van der Waals surface area contributed by atoms with Crippen LogP contribution in [0.4, 0.5) is 11.4 Å². The molecule has 0 saturated heterocycles. The predicted molar refractivity (Wildman–Crippen MR) is 415 cm³/mol. The summed E-state index contributed by atoms with van der Waals surface area (Å²) in [6.07, 6.45) is 52.3. The van der Waals surface area contributed by atoms with Crippen LogP contribution in [0.3, 0.4) is 0 Å². The number of phenolic OH excluding ortho intramolecular Hbond substituents is 2. The van der Waals surface area contributed by atoms with Gasteiger partial charge in [0.05, 0.1) is 33.9 Å². The van der Waals surface area contributed by atoms with Crippen molar-refractivity contribution in [3.8, 4) is 23.0 Å². The van der Waals surface area contributed by atoms with Crippen LogP contribution < -0.4 is 10.2 Å². The largest absolute Gasteiger partial charge is 2.00 e. The van der Waals surface area contributed by atoms with Gasteiger partial charge < -0.3 is 30.6 Å². The van der Waals surface area contributed by atoms with Gasteiger partial charge in [0.1, 0.15) is 11.5 Å². The van der Waals surface area contributed by atoms with Crippen LogP contribution in [0.2, 0.25) is 39.3 Å². The summed E-state index contributed by atoms with van der Waals surface area (Å²) in [6, 6.07) is 18.1. The van der Waals surface area contributed by atoms with Gasteiger partial charge in [0.2, 0.25) is 0 Å². The summed E-state index contributed by atoms with van der Waals surface area (Å²) in [5, 5.41) is 61.9. The fraction of sp³-hybridized carbons (Fsp3) is 0.643. The Balaban J connectivity index is 0.000000926. The smallest absolute Gasteiger partial charge is 0.869 e. The molecule has 4 aromatic carbocycles. The molecular formula is C84H136N2NiO8Si2. The second-order valence-corrected chi connectivity index (χ2v) is 40.6. The Labute approximate surface area is 604 Å². The van der Waals surface area contributed by atoms with E-state index in [0.29, 0.717) is 36.1 Å². The zero-order chi connectivity index (χ0) is 71.3. The number of carbonyl (C=O) groups is 2. The maximum Gasteiger partial charge on any atom is 2.00 e. The molecule has 0 atom stereocenters. The van der Waals surface area contributed by atoms with Crippen molar-refractivity contribution in [2.45, 2.75) is 351 Å². The van der Waals surface area contributed by atoms with E-state index in [2.05, 4.69) is 143 Å². The van der Waals surface area contributed by atoms with Crippen molar-refractivity contribution in [1.29, 1.82) is 0 Å². The average Bonchev–Trinajstić information content (AvgIpc) is 0.802. The molecule has 13 heteroatoms.